The van der Waals surface area contributed by atoms with E-state index in [4.69, 9.17) is 0 Å². The number of hydrogen-bond donors (Lipinski definition) is 2. The highest BCUT2D eigenvalue weighted by atomic mass is 32.2. The lowest BCUT2D eigenvalue weighted by molar-refractivity contribution is -0.114. The van der Waals surface area contributed by atoms with E-state index >= 15 is 0 Å². The molecule has 0 aliphatic carbocycles. The second-order valence-electron chi connectivity index (χ2n) is 5.12. The Morgan fingerprint density at radius 1 is 1.18 bits per heavy atom. The summed E-state index contributed by atoms with van der Waals surface area (Å²) < 4.78 is 0. The monoisotopic (exact) mass is 316 g/mol. The van der Waals surface area contributed by atoms with Gasteiger partial charge in [-0.3, -0.25) is 9.78 Å². The summed E-state index contributed by atoms with van der Waals surface area (Å²) in [5.41, 5.74) is 4.20. The van der Waals surface area contributed by atoms with Gasteiger partial charge in [-0.05, 0) is 38.2 Å². The van der Waals surface area contributed by atoms with E-state index in [2.05, 4.69) is 32.7 Å². The third-order valence-electron chi connectivity index (χ3n) is 3.19. The van der Waals surface area contributed by atoms with Crippen molar-refractivity contribution >= 4 is 29.2 Å². The third kappa shape index (κ3) is 4.21. The van der Waals surface area contributed by atoms with Gasteiger partial charge in [0.25, 0.3) is 0 Å². The quantitative estimate of drug-likeness (QED) is 0.829. The molecule has 0 bridgehead atoms. The first kappa shape index (κ1) is 16.3. The molecule has 1 amide bonds. The first-order chi connectivity index (χ1) is 10.5. The fraction of sp³-hybridized carbons (Fsp3) is 0.312. The normalized spacial score (nSPS) is 10.4. The molecule has 0 saturated heterocycles. The van der Waals surface area contributed by atoms with Gasteiger partial charge < -0.3 is 10.6 Å². The van der Waals surface area contributed by atoms with Gasteiger partial charge in [-0.1, -0.05) is 17.7 Å². The van der Waals surface area contributed by atoms with Crippen molar-refractivity contribution in [2.45, 2.75) is 25.8 Å². The van der Waals surface area contributed by atoms with Gasteiger partial charge in [-0.15, -0.1) is 11.8 Å². The smallest absolute Gasteiger partial charge is 0.243 e. The largest absolute Gasteiger partial charge is 0.360 e. The third-order valence-corrected chi connectivity index (χ3v) is 3.81. The Morgan fingerprint density at radius 3 is 2.50 bits per heavy atom. The lowest BCUT2D eigenvalue weighted by Gasteiger charge is -2.13. The van der Waals surface area contributed by atoms with Crippen LogP contribution in [0.5, 0.6) is 0 Å². The van der Waals surface area contributed by atoms with Crippen LogP contribution >= 0.6 is 11.8 Å². The maximum Gasteiger partial charge on any atom is 0.243 e. The Hall–Kier alpha value is -2.08. The van der Waals surface area contributed by atoms with Crippen LogP contribution in [-0.4, -0.2) is 28.7 Å². The summed E-state index contributed by atoms with van der Waals surface area (Å²) in [5, 5.41) is 6.76. The molecule has 2 N–H and O–H groups in total. The van der Waals surface area contributed by atoms with Gasteiger partial charge in [0, 0.05) is 5.69 Å². The zero-order chi connectivity index (χ0) is 16.1. The lowest BCUT2D eigenvalue weighted by Crippen LogP contribution is -2.23. The number of aryl methyl sites for hydroxylation is 3. The van der Waals surface area contributed by atoms with Crippen LogP contribution in [0.15, 0.2) is 29.6 Å². The second-order valence-corrected chi connectivity index (χ2v) is 5.95. The Balaban J connectivity index is 1.99. The molecule has 0 aliphatic heterocycles. The Labute approximate surface area is 135 Å². The molecule has 2 aromatic rings. The van der Waals surface area contributed by atoms with Crippen LogP contribution < -0.4 is 10.6 Å². The fourth-order valence-electron chi connectivity index (χ4n) is 2.26. The molecule has 1 aromatic heterocycles. The van der Waals surface area contributed by atoms with Crippen molar-refractivity contribution in [3.63, 3.8) is 0 Å². The molecule has 6 heteroatoms. The number of benzene rings is 1. The summed E-state index contributed by atoms with van der Waals surface area (Å²) in [6, 6.07) is 4.12. The number of anilines is 2. The highest BCUT2D eigenvalue weighted by Gasteiger charge is 2.08. The predicted molar refractivity (Wildman–Crippen MR) is 91.6 cm³/mol. The van der Waals surface area contributed by atoms with E-state index in [1.807, 2.05) is 27.0 Å². The van der Waals surface area contributed by atoms with Crippen LogP contribution in [0.25, 0.3) is 0 Å². The molecular weight excluding hydrogens is 296 g/mol. The minimum atomic E-state index is -0.105. The predicted octanol–water partition coefficient (Wildman–Crippen LogP) is 3.17. The van der Waals surface area contributed by atoms with Crippen molar-refractivity contribution in [1.29, 1.82) is 0 Å². The zero-order valence-corrected chi connectivity index (χ0v) is 14.0. The van der Waals surface area contributed by atoms with Gasteiger partial charge in [-0.25, -0.2) is 4.98 Å². The number of thioether (sulfide) groups is 1. The van der Waals surface area contributed by atoms with Crippen molar-refractivity contribution < 1.29 is 4.79 Å². The van der Waals surface area contributed by atoms with E-state index < -0.39 is 0 Å². The molecule has 0 spiro atoms. The number of carbonyl (C=O) groups excluding carboxylic acids is 1. The van der Waals surface area contributed by atoms with Gasteiger partial charge in [0.1, 0.15) is 10.8 Å². The lowest BCUT2D eigenvalue weighted by atomic mass is 10.1. The zero-order valence-electron chi connectivity index (χ0n) is 13.2. The molecule has 2 rings (SSSR count). The molecule has 22 heavy (non-hydrogen) atoms. The molecule has 0 saturated carbocycles. The minimum Gasteiger partial charge on any atom is -0.360 e. The molecular formula is C16H20N4OS. The average Bonchev–Trinajstić information content (AvgIpc) is 2.49. The average molecular weight is 316 g/mol. The first-order valence-electron chi connectivity index (χ1n) is 6.97. The maximum atomic E-state index is 12.1. The number of nitrogens with zero attached hydrogens (tertiary/aromatic N) is 2. The van der Waals surface area contributed by atoms with Gasteiger partial charge in [0.05, 0.1) is 18.9 Å². The van der Waals surface area contributed by atoms with Crippen LogP contribution in [0.4, 0.5) is 11.5 Å². The van der Waals surface area contributed by atoms with Crippen molar-refractivity contribution in [3.8, 4) is 0 Å². The van der Waals surface area contributed by atoms with E-state index in [1.54, 1.807) is 12.4 Å². The highest BCUT2D eigenvalue weighted by Crippen LogP contribution is 2.21. The number of hydrogen-bond acceptors (Lipinski definition) is 5. The summed E-state index contributed by atoms with van der Waals surface area (Å²) in [5.74, 6) is 0.491. The molecule has 1 heterocycles. The summed E-state index contributed by atoms with van der Waals surface area (Å²) in [7, 11) is 0. The topological polar surface area (TPSA) is 66.9 Å². The van der Waals surface area contributed by atoms with Gasteiger partial charge >= 0.3 is 0 Å². The summed E-state index contributed by atoms with van der Waals surface area (Å²) in [6.07, 6.45) is 5.23. The molecule has 1 aromatic carbocycles. The number of rotatable bonds is 5. The van der Waals surface area contributed by atoms with Crippen LogP contribution in [0.1, 0.15) is 16.7 Å². The van der Waals surface area contributed by atoms with E-state index in [-0.39, 0.29) is 12.5 Å². The molecule has 0 fully saturated rings. The van der Waals surface area contributed by atoms with E-state index in [9.17, 15) is 4.79 Å². The van der Waals surface area contributed by atoms with E-state index in [1.165, 1.54) is 17.3 Å². The van der Waals surface area contributed by atoms with Crippen LogP contribution in [0, 0.1) is 20.8 Å². The van der Waals surface area contributed by atoms with Crippen LogP contribution in [0.2, 0.25) is 0 Å². The van der Waals surface area contributed by atoms with Gasteiger partial charge in [0.15, 0.2) is 0 Å². The molecule has 5 nitrogen and oxygen atoms in total. The standard InChI is InChI=1S/C16H20N4OS/c1-10-5-11(2)16(12(3)6-10)20-14(21)8-18-13-7-17-9-15(19-13)22-4/h5-7,9H,8H2,1-4H3,(H,18,19)(H,20,21). The number of carbonyl (C=O) groups is 1. The second kappa shape index (κ2) is 7.26. The minimum absolute atomic E-state index is 0.105. The Bertz CT molecular complexity index is 665. The molecule has 0 aliphatic rings. The highest BCUT2D eigenvalue weighted by molar-refractivity contribution is 7.98. The Kier molecular flexibility index (Phi) is 5.38. The van der Waals surface area contributed by atoms with Crippen molar-refractivity contribution in [1.82, 2.24) is 9.97 Å². The van der Waals surface area contributed by atoms with Gasteiger partial charge in [-0.2, -0.15) is 0 Å². The van der Waals surface area contributed by atoms with Crippen LogP contribution in [0.3, 0.4) is 0 Å². The molecule has 116 valence electrons. The van der Waals surface area contributed by atoms with Crippen molar-refractivity contribution in [3.05, 3.63) is 41.2 Å². The van der Waals surface area contributed by atoms with Crippen molar-refractivity contribution in [2.75, 3.05) is 23.4 Å². The van der Waals surface area contributed by atoms with Crippen molar-refractivity contribution in [2.24, 2.45) is 0 Å². The SMILES string of the molecule is CSc1cncc(NCC(=O)Nc2c(C)cc(C)cc2C)n1. The first-order valence-corrected chi connectivity index (χ1v) is 8.19. The van der Waals surface area contributed by atoms with Crippen LogP contribution in [-0.2, 0) is 4.79 Å². The number of nitrogens with one attached hydrogen (secondary N) is 2. The molecule has 0 atom stereocenters. The van der Waals surface area contributed by atoms with Gasteiger partial charge in [0.2, 0.25) is 5.91 Å². The maximum absolute atomic E-state index is 12.1. The van der Waals surface area contributed by atoms with E-state index in [0.717, 1.165) is 21.8 Å². The number of amides is 1. The number of aromatic nitrogens is 2. The summed E-state index contributed by atoms with van der Waals surface area (Å²) >= 11 is 1.51. The fourth-order valence-corrected chi connectivity index (χ4v) is 2.62. The molecule has 0 radical (unpaired) electrons. The summed E-state index contributed by atoms with van der Waals surface area (Å²) in [4.78, 5) is 20.5. The summed E-state index contributed by atoms with van der Waals surface area (Å²) in [6.45, 7) is 6.19. The van der Waals surface area contributed by atoms with E-state index in [0.29, 0.717) is 5.82 Å². The molecule has 0 unspecified atom stereocenters. The Morgan fingerprint density at radius 2 is 1.86 bits per heavy atom.